The normalized spacial score (nSPS) is 19.7. The van der Waals surface area contributed by atoms with Crippen molar-refractivity contribution in [1.29, 1.82) is 0 Å². The topological polar surface area (TPSA) is 379 Å². The van der Waals surface area contributed by atoms with Crippen LogP contribution < -0.4 is 54.0 Å². The molecule has 0 unspecified atom stereocenters. The van der Waals surface area contributed by atoms with E-state index in [4.69, 9.17) is 34.4 Å². The zero-order valence-electron chi connectivity index (χ0n) is 85.7. The average molecular weight is 2170 g/mol. The van der Waals surface area contributed by atoms with Gasteiger partial charge in [-0.2, -0.15) is 26.3 Å². The maximum Gasteiger partial charge on any atom is 0.532 e. The highest BCUT2D eigenvalue weighted by molar-refractivity contribution is 14.1. The maximum absolute atomic E-state index is 13.2. The molecule has 794 valence electrons. The summed E-state index contributed by atoms with van der Waals surface area (Å²) in [7, 11) is 1.02. The second-order valence-corrected chi connectivity index (χ2v) is 44.3. The van der Waals surface area contributed by atoms with Crippen molar-refractivity contribution < 1.29 is 124 Å². The summed E-state index contributed by atoms with van der Waals surface area (Å²) in [6.45, 7) is 18.1. The first-order chi connectivity index (χ1) is 70.4. The number of anilines is 6. The molecule has 22 rings (SSSR count). The molecule has 0 saturated heterocycles. The fraction of sp³-hybridized carbons (Fsp3) is 0.551. The van der Waals surface area contributed by atoms with Gasteiger partial charge >= 0.3 is 62.9 Å². The molecular weight excluding hydrogens is 2030 g/mol. The molecule has 6 spiro atoms. The van der Waals surface area contributed by atoms with Crippen LogP contribution in [0.1, 0.15) is 228 Å². The van der Waals surface area contributed by atoms with E-state index >= 15 is 0 Å². The lowest BCUT2D eigenvalue weighted by Gasteiger charge is -2.31. The van der Waals surface area contributed by atoms with Crippen LogP contribution in [-0.2, 0) is 117 Å². The van der Waals surface area contributed by atoms with Crippen molar-refractivity contribution in [2.75, 3.05) is 123 Å². The Labute approximate surface area is 875 Å². The van der Waals surface area contributed by atoms with E-state index in [9.17, 15) is 76.2 Å². The molecule has 41 heteroatoms. The van der Waals surface area contributed by atoms with Crippen LogP contribution in [0.15, 0.2) is 128 Å². The smallest absolute Gasteiger partial charge is 0.505 e. The van der Waals surface area contributed by atoms with E-state index in [1.54, 1.807) is 70.2 Å². The molecule has 6 saturated carbocycles. The van der Waals surface area contributed by atoms with E-state index in [0.29, 0.717) is 94.8 Å². The number of esters is 1. The molecule has 8 aromatic rings. The van der Waals surface area contributed by atoms with Crippen molar-refractivity contribution >= 4 is 102 Å². The minimum atomic E-state index is -4.59. The quantitative estimate of drug-likeness (QED) is 0.00414. The molecule has 11 N–H and O–H groups in total. The average Bonchev–Trinajstić information content (AvgIpc) is 1.56. The van der Waals surface area contributed by atoms with Gasteiger partial charge in [-0.1, -0.05) is 46.4 Å². The van der Waals surface area contributed by atoms with Gasteiger partial charge in [-0.05, 0) is 276 Å². The summed E-state index contributed by atoms with van der Waals surface area (Å²) in [5.41, 5.74) is 15.3. The number of aliphatic hydroxyl groups is 1. The zero-order valence-corrected chi connectivity index (χ0v) is 87.9. The Morgan fingerprint density at radius 2 is 0.878 bits per heavy atom. The van der Waals surface area contributed by atoms with Crippen LogP contribution in [0.2, 0.25) is 20.5 Å². The van der Waals surface area contributed by atoms with Crippen molar-refractivity contribution in [2.45, 2.75) is 272 Å². The van der Waals surface area contributed by atoms with Crippen molar-refractivity contribution in [3.05, 3.63) is 210 Å². The monoisotopic (exact) mass is 2170 g/mol. The third-order valence-corrected chi connectivity index (χ3v) is 32.5. The standard InChI is InChI=1S/C27H30F3N3O4.C26H28F3N3O4.C17H28BN2O3.C12H16N2O.C11H15BIN2O2.C11H16BN2O2.C3H6O/c1-36-23(34)14-18-12-17-2-4-21(13-19(17)15-33(25(18)35)16-27(28,29)30)37-11-6-20-3-5-22-24(32-20)31-10-9-26(22)7-8-26;27-26(28,29)15-32-14-18-12-20(3-1-16(18)11-17(24(32)35)13-22(33)34)36-10-5-19-2-4-21-23(31-19)30-9-8-25(21)6-7-25;1-16(2,3)23-12-7-13-5-6-14-15(20(13)22)19(18(4)21)11-10-17(14)8-9-17;15-8-3-9-1-2-10-11(14-9)13-7-6-12(10)4-5-12;1-12(16)14-7-6-11(4-5-11)8-2-3-9(13)15(17)10(8)14;1-12(15)13-8-6-11(4-5-11)9-3-2-7-14(16)10(9)13;1-3-4-2/h2-5,13,18H,6-12,14-16H2,1H3,(H,31,32);1-4,12,17H,5-11,13-15H2,(H,30,31)(H,33,34);5-6,21-22H,7-12H2,1-4H3;1-2,15H,3-8H2,(H,13,14);2-3,16-17H,4-7H2,1H3;2-3,7,15-16H,4-6,8H2,1H3;3H,1H2,2H3/q;;+1;;2*+1;/t18-;17-;;;;;/m00...../s1. The summed E-state index contributed by atoms with van der Waals surface area (Å²) in [6.07, 6.45) is 17.2. The lowest BCUT2D eigenvalue weighted by atomic mass is 9.78. The van der Waals surface area contributed by atoms with Crippen LogP contribution >= 0.6 is 22.6 Å². The molecule has 6 aliphatic carbocycles. The number of benzene rings is 2. The maximum atomic E-state index is 13.2. The third-order valence-electron chi connectivity index (χ3n) is 31.7. The fourth-order valence-corrected chi connectivity index (χ4v) is 22.9. The summed E-state index contributed by atoms with van der Waals surface area (Å²) in [4.78, 5) is 69.8. The van der Waals surface area contributed by atoms with Gasteiger partial charge in [0.1, 0.15) is 48.2 Å². The summed E-state index contributed by atoms with van der Waals surface area (Å²) in [6, 6.07) is 35.0. The predicted molar refractivity (Wildman–Crippen MR) is 554 cm³/mol. The van der Waals surface area contributed by atoms with Gasteiger partial charge in [0.25, 0.3) is 0 Å². The molecule has 2 atom stereocenters. The van der Waals surface area contributed by atoms with Gasteiger partial charge in [0.05, 0.1) is 90.2 Å². The summed E-state index contributed by atoms with van der Waals surface area (Å²) in [5.74, 6) is 0.949. The van der Waals surface area contributed by atoms with Crippen LogP contribution in [0.25, 0.3) is 0 Å². The van der Waals surface area contributed by atoms with E-state index in [-0.39, 0.29) is 60.8 Å². The molecule has 0 radical (unpaired) electrons. The number of aliphatic hydroxyl groups excluding tert-OH is 1. The van der Waals surface area contributed by atoms with Crippen LogP contribution in [0, 0.1) is 15.5 Å². The lowest BCUT2D eigenvalue weighted by molar-refractivity contribution is -0.904. The van der Waals surface area contributed by atoms with Crippen molar-refractivity contribution in [1.82, 2.24) is 24.8 Å². The molecule has 6 fully saturated rings. The molecule has 14 aliphatic rings. The van der Waals surface area contributed by atoms with Crippen LogP contribution in [0.5, 0.6) is 11.5 Å². The lowest BCUT2D eigenvalue weighted by Crippen LogP contribution is -2.53. The molecule has 6 aromatic heterocycles. The van der Waals surface area contributed by atoms with Crippen LogP contribution in [0.3, 0.4) is 0 Å². The number of aliphatic carboxylic acids is 1. The van der Waals surface area contributed by atoms with Gasteiger partial charge in [0, 0.05) is 171 Å². The molecule has 14 heterocycles. The fourth-order valence-electron chi connectivity index (χ4n) is 22.5. The minimum Gasteiger partial charge on any atom is -0.505 e. The number of pyridine rings is 6. The van der Waals surface area contributed by atoms with Gasteiger partial charge in [0.2, 0.25) is 15.5 Å². The SMILES string of the molecule is C=COC.CB(O)N1CCC2(CC2)c2ccc(CCOC(C)(C)C)[n+](O)c21.CB(O)N1CCC2(CC2)c2ccc(I)[n+](O)c21.CB(O)N1CCC2(CC2)c2ccc[n+](O)c21.COC(=O)C[C@@H]1Cc2ccc(OCCc3ccc4c(n3)NCCC43CC3)cc2CN(CC(F)(F)F)C1=O.O=C(O)C[C@@H]1Cc2ccc(OCCc3ccc4c(n3)NCCC43CC3)cc2CN(CC(F)(F)F)C1=O.OCCc1ccc2c(n1)NCCC21CC1. The first-order valence-electron chi connectivity index (χ1n) is 51.9. The number of carboxylic acids is 1. The number of aromatic nitrogens is 6. The molecule has 31 nitrogen and oxygen atoms in total. The first-order valence-corrected chi connectivity index (χ1v) is 52.9. The number of carbonyl (C=O) groups excluding carboxylic acids is 3. The second-order valence-electron chi connectivity index (χ2n) is 43.1. The number of nitrogens with zero attached hydrogens (tertiary/aromatic N) is 11. The largest absolute Gasteiger partial charge is 0.532 e. The van der Waals surface area contributed by atoms with Gasteiger partial charge in [-0.3, -0.25) is 33.6 Å². The van der Waals surface area contributed by atoms with Gasteiger partial charge in [0.15, 0.2) is 5.69 Å². The minimum absolute atomic E-state index is 0.0721. The van der Waals surface area contributed by atoms with Crippen LogP contribution in [-0.4, -0.2) is 222 Å². The van der Waals surface area contributed by atoms with Crippen molar-refractivity contribution in [2.24, 2.45) is 11.8 Å². The molecular formula is C107H139B3F6IN14O17+3. The number of halogens is 7. The molecule has 2 aromatic carbocycles. The van der Waals surface area contributed by atoms with Gasteiger partial charge in [-0.15, -0.1) is 0 Å². The number of methoxy groups -OCH3 is 2. The van der Waals surface area contributed by atoms with E-state index in [1.807, 2.05) is 65.5 Å². The number of alkyl halides is 6. The van der Waals surface area contributed by atoms with E-state index in [1.165, 1.54) is 140 Å². The second kappa shape index (κ2) is 45.2. The molecule has 0 bridgehead atoms. The van der Waals surface area contributed by atoms with Gasteiger partial charge in [-0.25, -0.2) is 15.0 Å². The summed E-state index contributed by atoms with van der Waals surface area (Å²) >= 11 is 2.10. The Bertz CT molecular complexity index is 6140. The highest BCUT2D eigenvalue weighted by Crippen LogP contribution is 2.61. The Kier molecular flexibility index (Phi) is 33.4. The summed E-state index contributed by atoms with van der Waals surface area (Å²) < 4.78 is 110. The molecule has 148 heavy (non-hydrogen) atoms. The number of nitrogens with one attached hydrogen (secondary N) is 3. The van der Waals surface area contributed by atoms with E-state index in [2.05, 4.69) is 102 Å². The zero-order chi connectivity index (χ0) is 106. The number of ether oxygens (including phenoxy) is 5. The Hall–Kier alpha value is -11.1. The predicted octanol–water partition coefficient (Wildman–Crippen LogP) is 14.2. The van der Waals surface area contributed by atoms with Crippen molar-refractivity contribution in [3.63, 3.8) is 0 Å². The number of carbonyl (C=O) groups is 4. The van der Waals surface area contributed by atoms with Crippen molar-refractivity contribution in [3.8, 4) is 11.5 Å². The number of carboxylic acid groups (broad SMARTS) is 1. The van der Waals surface area contributed by atoms with E-state index in [0.717, 1.165) is 148 Å². The number of amides is 2. The highest BCUT2D eigenvalue weighted by Gasteiger charge is 2.58. The summed E-state index contributed by atoms with van der Waals surface area (Å²) in [5, 5.41) is 88.7. The Morgan fingerprint density at radius 3 is 1.26 bits per heavy atom. The Balaban J connectivity index is 0.000000130. The highest BCUT2D eigenvalue weighted by atomic mass is 127. The molecule has 2 amide bonds. The number of rotatable bonds is 23. The molecule has 8 aliphatic heterocycles. The Morgan fingerprint density at radius 1 is 0.500 bits per heavy atom. The van der Waals surface area contributed by atoms with Crippen LogP contribution in [0.4, 0.5) is 61.2 Å². The number of hydrogen-bond acceptors (Lipinski definition) is 25. The van der Waals surface area contributed by atoms with Gasteiger partial charge < -0.3 is 90.3 Å². The van der Waals surface area contributed by atoms with E-state index < -0.39 is 88.6 Å². The number of fused-ring (bicyclic) bond motifs is 14. The number of hydrogen-bond donors (Lipinski definition) is 11. The first kappa shape index (κ1) is 110. The third kappa shape index (κ3) is 25.8.